The molecule has 1 amide bonds. The van der Waals surface area contributed by atoms with Crippen LogP contribution in [0, 0.1) is 0 Å². The summed E-state index contributed by atoms with van der Waals surface area (Å²) in [6.07, 6.45) is 2.54. The predicted molar refractivity (Wildman–Crippen MR) is 129 cm³/mol. The maximum absolute atomic E-state index is 13.6. The largest absolute Gasteiger partial charge is 0.342 e. The summed E-state index contributed by atoms with van der Waals surface area (Å²) >= 11 is 0. The fraction of sp³-hybridized carbons (Fsp3) is 0.458. The molecule has 184 valence electrons. The van der Waals surface area contributed by atoms with Crippen molar-refractivity contribution < 1.29 is 21.6 Å². The number of benzene rings is 2. The van der Waals surface area contributed by atoms with Gasteiger partial charge in [-0.2, -0.15) is 4.31 Å². The molecule has 2 aliphatic heterocycles. The Bertz CT molecular complexity index is 1230. The molecule has 34 heavy (non-hydrogen) atoms. The van der Waals surface area contributed by atoms with Crippen LogP contribution in [0.1, 0.15) is 25.3 Å². The monoisotopic (exact) mass is 505 g/mol. The van der Waals surface area contributed by atoms with Crippen LogP contribution in [-0.4, -0.2) is 82.7 Å². The first-order valence-corrected chi connectivity index (χ1v) is 14.6. The Kier molecular flexibility index (Phi) is 7.42. The number of sulfonamides is 1. The number of hydrogen-bond acceptors (Lipinski definition) is 6. The lowest BCUT2D eigenvalue weighted by atomic mass is 10.2. The molecule has 8 nitrogen and oxygen atoms in total. The zero-order valence-corrected chi connectivity index (χ0v) is 21.0. The van der Waals surface area contributed by atoms with Gasteiger partial charge in [-0.25, -0.2) is 16.8 Å². The molecule has 2 aromatic rings. The summed E-state index contributed by atoms with van der Waals surface area (Å²) in [4.78, 5) is 16.4. The van der Waals surface area contributed by atoms with Gasteiger partial charge < -0.3 is 4.90 Å². The third kappa shape index (κ3) is 5.05. The van der Waals surface area contributed by atoms with Crippen molar-refractivity contribution in [2.75, 3.05) is 45.8 Å². The van der Waals surface area contributed by atoms with Gasteiger partial charge >= 0.3 is 0 Å². The first-order valence-electron chi connectivity index (χ1n) is 11.7. The highest BCUT2D eigenvalue weighted by Gasteiger charge is 2.32. The van der Waals surface area contributed by atoms with Crippen LogP contribution >= 0.6 is 0 Å². The maximum atomic E-state index is 13.6. The van der Waals surface area contributed by atoms with E-state index < -0.39 is 19.9 Å². The van der Waals surface area contributed by atoms with Gasteiger partial charge in [-0.3, -0.25) is 9.69 Å². The Hall–Kier alpha value is -2.27. The van der Waals surface area contributed by atoms with Gasteiger partial charge in [0.25, 0.3) is 0 Å². The topological polar surface area (TPSA) is 95.1 Å². The molecule has 2 heterocycles. The average molecular weight is 506 g/mol. The molecule has 0 atom stereocenters. The zero-order chi connectivity index (χ0) is 24.3. The Morgan fingerprint density at radius 3 is 2.09 bits per heavy atom. The van der Waals surface area contributed by atoms with Gasteiger partial charge in [-0.1, -0.05) is 31.2 Å². The summed E-state index contributed by atoms with van der Waals surface area (Å²) in [5.41, 5.74) is 0.582. The van der Waals surface area contributed by atoms with E-state index in [0.717, 1.165) is 25.9 Å². The molecule has 0 N–H and O–H groups in total. The minimum atomic E-state index is -3.89. The molecule has 2 aliphatic rings. The molecule has 0 spiro atoms. The van der Waals surface area contributed by atoms with Gasteiger partial charge in [-0.15, -0.1) is 0 Å². The molecule has 10 heteroatoms. The van der Waals surface area contributed by atoms with Crippen molar-refractivity contribution in [2.45, 2.75) is 40.9 Å². The van der Waals surface area contributed by atoms with Crippen LogP contribution in [0.4, 0.5) is 0 Å². The molecule has 0 aromatic heterocycles. The Morgan fingerprint density at radius 1 is 0.824 bits per heavy atom. The van der Waals surface area contributed by atoms with E-state index in [4.69, 9.17) is 0 Å². The van der Waals surface area contributed by atoms with Crippen molar-refractivity contribution in [3.8, 4) is 0 Å². The van der Waals surface area contributed by atoms with Crippen molar-refractivity contribution in [2.24, 2.45) is 0 Å². The van der Waals surface area contributed by atoms with Gasteiger partial charge in [0.15, 0.2) is 0 Å². The normalized spacial score (nSPS) is 18.3. The second-order valence-corrected chi connectivity index (χ2v) is 12.6. The van der Waals surface area contributed by atoms with Crippen molar-refractivity contribution >= 4 is 25.8 Å². The van der Waals surface area contributed by atoms with Gasteiger partial charge in [0.2, 0.25) is 25.8 Å². The van der Waals surface area contributed by atoms with Crippen LogP contribution in [0.25, 0.3) is 0 Å². The third-order valence-electron chi connectivity index (χ3n) is 6.55. The molecule has 4 rings (SSSR count). The molecular formula is C24H31N3O5S2. The Morgan fingerprint density at radius 2 is 1.47 bits per heavy atom. The third-order valence-corrected chi connectivity index (χ3v) is 10.3. The molecular weight excluding hydrogens is 474 g/mol. The number of likely N-dealkylation sites (tertiary alicyclic amines) is 1. The molecule has 0 bridgehead atoms. The maximum Gasteiger partial charge on any atom is 0.243 e. The Labute approximate surface area is 202 Å². The fourth-order valence-electron chi connectivity index (χ4n) is 4.49. The van der Waals surface area contributed by atoms with E-state index in [2.05, 4.69) is 0 Å². The van der Waals surface area contributed by atoms with Crippen LogP contribution < -0.4 is 0 Å². The van der Waals surface area contributed by atoms with Gasteiger partial charge in [0, 0.05) is 39.3 Å². The smallest absolute Gasteiger partial charge is 0.243 e. The SMILES string of the molecule is CCc1ccc(S(=O)(=O)c2ccccc2)cc1S(=O)(=O)N1CCN(CC(=O)N2CCCC2)CC1. The number of sulfone groups is 1. The highest BCUT2D eigenvalue weighted by atomic mass is 32.2. The highest BCUT2D eigenvalue weighted by molar-refractivity contribution is 7.91. The van der Waals surface area contributed by atoms with E-state index in [1.165, 1.54) is 28.6 Å². The minimum absolute atomic E-state index is 0.0357. The minimum Gasteiger partial charge on any atom is -0.342 e. The number of hydrogen-bond donors (Lipinski definition) is 0. The lowest BCUT2D eigenvalue weighted by molar-refractivity contribution is -0.131. The second-order valence-electron chi connectivity index (χ2n) is 8.71. The van der Waals surface area contributed by atoms with E-state index in [1.807, 2.05) is 16.7 Å². The van der Waals surface area contributed by atoms with Crippen LogP contribution in [0.3, 0.4) is 0 Å². The van der Waals surface area contributed by atoms with Crippen molar-refractivity contribution in [1.29, 1.82) is 0 Å². The fourth-order valence-corrected chi connectivity index (χ4v) is 7.62. The quantitative estimate of drug-likeness (QED) is 0.571. The summed E-state index contributed by atoms with van der Waals surface area (Å²) in [6.45, 7) is 5.19. The summed E-state index contributed by atoms with van der Waals surface area (Å²) in [7, 11) is -7.73. The van der Waals surface area contributed by atoms with E-state index in [-0.39, 0.29) is 33.7 Å². The van der Waals surface area contributed by atoms with Gasteiger partial charge in [0.05, 0.1) is 21.2 Å². The summed E-state index contributed by atoms with van der Waals surface area (Å²) in [5, 5.41) is 0. The van der Waals surface area contributed by atoms with Crippen molar-refractivity contribution in [3.05, 3.63) is 54.1 Å². The standard InChI is InChI=1S/C24H31N3O5S2/c1-2-20-10-11-22(33(29,30)21-8-4-3-5-9-21)18-23(20)34(31,32)27-16-14-25(15-17-27)19-24(28)26-12-6-7-13-26/h3-5,8-11,18H,2,6-7,12-17,19H2,1H3. The molecule has 2 fully saturated rings. The summed E-state index contributed by atoms with van der Waals surface area (Å²) in [6, 6.07) is 12.4. The van der Waals surface area contributed by atoms with E-state index in [1.54, 1.807) is 24.3 Å². The summed E-state index contributed by atoms with van der Waals surface area (Å²) in [5.74, 6) is 0.0981. The number of carbonyl (C=O) groups excluding carboxylic acids is 1. The first kappa shape index (κ1) is 24.8. The molecule has 0 radical (unpaired) electrons. The van der Waals surface area contributed by atoms with Crippen LogP contribution in [0.2, 0.25) is 0 Å². The number of rotatable bonds is 7. The molecule has 0 saturated carbocycles. The lowest BCUT2D eigenvalue weighted by Crippen LogP contribution is -2.51. The molecule has 0 unspecified atom stereocenters. The van der Waals surface area contributed by atoms with E-state index in [9.17, 15) is 21.6 Å². The van der Waals surface area contributed by atoms with Crippen molar-refractivity contribution in [1.82, 2.24) is 14.1 Å². The van der Waals surface area contributed by atoms with E-state index in [0.29, 0.717) is 31.6 Å². The van der Waals surface area contributed by atoms with Gasteiger partial charge in [-0.05, 0) is 49.1 Å². The second kappa shape index (κ2) is 10.2. The predicted octanol–water partition coefficient (Wildman–Crippen LogP) is 2.01. The molecule has 0 aliphatic carbocycles. The van der Waals surface area contributed by atoms with Crippen LogP contribution in [-0.2, 0) is 31.1 Å². The van der Waals surface area contributed by atoms with Crippen LogP contribution in [0.15, 0.2) is 63.2 Å². The number of nitrogens with zero attached hydrogens (tertiary/aromatic N) is 3. The molecule has 2 aromatic carbocycles. The molecule has 2 saturated heterocycles. The van der Waals surface area contributed by atoms with Crippen molar-refractivity contribution in [3.63, 3.8) is 0 Å². The average Bonchev–Trinajstić information content (AvgIpc) is 3.40. The summed E-state index contributed by atoms with van der Waals surface area (Å²) < 4.78 is 54.7. The Balaban J connectivity index is 1.53. The van der Waals surface area contributed by atoms with Crippen LogP contribution in [0.5, 0.6) is 0 Å². The number of piperazine rings is 1. The number of amides is 1. The number of carbonyl (C=O) groups is 1. The zero-order valence-electron chi connectivity index (χ0n) is 19.4. The van der Waals surface area contributed by atoms with Gasteiger partial charge in [0.1, 0.15) is 0 Å². The number of aryl methyl sites for hydroxylation is 1. The lowest BCUT2D eigenvalue weighted by Gasteiger charge is -2.34. The first-order chi connectivity index (χ1) is 16.2. The van der Waals surface area contributed by atoms with E-state index >= 15 is 0 Å². The highest BCUT2D eigenvalue weighted by Crippen LogP contribution is 2.28.